The topological polar surface area (TPSA) is 73.6 Å². The zero-order chi connectivity index (χ0) is 9.84. The third-order valence-electron chi connectivity index (χ3n) is 2.17. The number of carbonyl (C=O) groups excluding carboxylic acids is 1. The van der Waals surface area contributed by atoms with Gasteiger partial charge in [-0.15, -0.1) is 0 Å². The van der Waals surface area contributed by atoms with Gasteiger partial charge in [0.15, 0.2) is 0 Å². The molecule has 0 spiro atoms. The molecule has 0 aliphatic carbocycles. The minimum Gasteiger partial charge on any atom is -0.453 e. The number of aliphatic hydroxyl groups excluding tert-OH is 1. The van der Waals surface area contributed by atoms with Crippen molar-refractivity contribution in [1.29, 1.82) is 5.26 Å². The van der Waals surface area contributed by atoms with Gasteiger partial charge in [0, 0.05) is 13.1 Å². The number of likely N-dealkylation sites (tertiary alicyclic amines) is 1. The van der Waals surface area contributed by atoms with Crippen LogP contribution in [0.1, 0.15) is 6.42 Å². The molecule has 0 aromatic rings. The van der Waals surface area contributed by atoms with Crippen molar-refractivity contribution in [2.45, 2.75) is 12.5 Å². The molecule has 13 heavy (non-hydrogen) atoms. The number of carbonyl (C=O) groups is 1. The lowest BCUT2D eigenvalue weighted by atomic mass is 9.97. The van der Waals surface area contributed by atoms with Crippen molar-refractivity contribution < 1.29 is 14.6 Å². The highest BCUT2D eigenvalue weighted by molar-refractivity contribution is 5.67. The molecule has 2 unspecified atom stereocenters. The van der Waals surface area contributed by atoms with Crippen LogP contribution in [0.5, 0.6) is 0 Å². The summed E-state index contributed by atoms with van der Waals surface area (Å²) in [5, 5.41) is 18.0. The molecule has 1 heterocycles. The Kier molecular flexibility index (Phi) is 3.09. The van der Waals surface area contributed by atoms with Gasteiger partial charge in [0.05, 0.1) is 25.2 Å². The van der Waals surface area contributed by atoms with Gasteiger partial charge in [0.1, 0.15) is 0 Å². The Morgan fingerprint density at radius 2 is 2.46 bits per heavy atom. The second kappa shape index (κ2) is 4.10. The molecule has 0 aromatic heterocycles. The summed E-state index contributed by atoms with van der Waals surface area (Å²) in [7, 11) is 1.30. The molecule has 1 N–H and O–H groups in total. The predicted octanol–water partition coefficient (Wildman–Crippen LogP) is -0.0408. The van der Waals surface area contributed by atoms with Crippen LogP contribution in [0.3, 0.4) is 0 Å². The SMILES string of the molecule is COC(=O)N1CCC(O)C(C#N)C1. The largest absolute Gasteiger partial charge is 0.453 e. The van der Waals surface area contributed by atoms with Crippen LogP contribution in [0, 0.1) is 17.2 Å². The van der Waals surface area contributed by atoms with E-state index in [1.54, 1.807) is 0 Å². The van der Waals surface area contributed by atoms with Gasteiger partial charge in [-0.3, -0.25) is 0 Å². The van der Waals surface area contributed by atoms with Gasteiger partial charge in [0.2, 0.25) is 0 Å². The summed E-state index contributed by atoms with van der Waals surface area (Å²) in [4.78, 5) is 12.5. The van der Waals surface area contributed by atoms with Crippen LogP contribution < -0.4 is 0 Å². The van der Waals surface area contributed by atoms with E-state index in [-0.39, 0.29) is 6.54 Å². The summed E-state index contributed by atoms with van der Waals surface area (Å²) in [5.41, 5.74) is 0. The second-order valence-corrected chi connectivity index (χ2v) is 3.01. The third-order valence-corrected chi connectivity index (χ3v) is 2.17. The third kappa shape index (κ3) is 2.10. The highest BCUT2D eigenvalue weighted by Crippen LogP contribution is 2.16. The Morgan fingerprint density at radius 3 is 3.00 bits per heavy atom. The minimum atomic E-state index is -0.620. The molecule has 0 bridgehead atoms. The highest BCUT2D eigenvalue weighted by atomic mass is 16.5. The van der Waals surface area contributed by atoms with Crippen LogP contribution in [-0.2, 0) is 4.74 Å². The molecule has 5 nitrogen and oxygen atoms in total. The van der Waals surface area contributed by atoms with E-state index >= 15 is 0 Å². The maximum atomic E-state index is 11.0. The van der Waals surface area contributed by atoms with Gasteiger partial charge in [-0.1, -0.05) is 0 Å². The number of aliphatic hydroxyl groups is 1. The van der Waals surface area contributed by atoms with Gasteiger partial charge >= 0.3 is 6.09 Å². The molecule has 1 aliphatic heterocycles. The Balaban J connectivity index is 2.55. The molecule has 1 aliphatic rings. The van der Waals surface area contributed by atoms with E-state index in [0.29, 0.717) is 13.0 Å². The standard InChI is InChI=1S/C8H12N2O3/c1-13-8(12)10-3-2-7(11)6(4-9)5-10/h6-7,11H,2-3,5H2,1H3. The molecule has 1 fully saturated rings. The van der Waals surface area contributed by atoms with Crippen molar-refractivity contribution in [2.24, 2.45) is 5.92 Å². The number of ether oxygens (including phenoxy) is 1. The van der Waals surface area contributed by atoms with Gasteiger partial charge < -0.3 is 14.7 Å². The van der Waals surface area contributed by atoms with E-state index in [1.165, 1.54) is 12.0 Å². The first kappa shape index (κ1) is 9.81. The van der Waals surface area contributed by atoms with E-state index in [4.69, 9.17) is 5.26 Å². The van der Waals surface area contributed by atoms with Crippen LogP contribution in [0.25, 0.3) is 0 Å². The first-order valence-electron chi connectivity index (χ1n) is 4.09. The lowest BCUT2D eigenvalue weighted by Gasteiger charge is -2.31. The maximum absolute atomic E-state index is 11.0. The summed E-state index contributed by atoms with van der Waals surface area (Å²) >= 11 is 0. The number of rotatable bonds is 0. The molecule has 1 rings (SSSR count). The van der Waals surface area contributed by atoms with Crippen LogP contribution >= 0.6 is 0 Å². The van der Waals surface area contributed by atoms with E-state index in [0.717, 1.165) is 0 Å². The fraction of sp³-hybridized carbons (Fsp3) is 0.750. The lowest BCUT2D eigenvalue weighted by molar-refractivity contribution is 0.0447. The Bertz CT molecular complexity index is 236. The van der Waals surface area contributed by atoms with Crippen molar-refractivity contribution in [2.75, 3.05) is 20.2 Å². The van der Waals surface area contributed by atoms with Crippen molar-refractivity contribution >= 4 is 6.09 Å². The number of nitrogens with zero attached hydrogens (tertiary/aromatic N) is 2. The number of hydrogen-bond donors (Lipinski definition) is 1. The molecular formula is C8H12N2O3. The second-order valence-electron chi connectivity index (χ2n) is 3.01. The molecule has 72 valence electrons. The van der Waals surface area contributed by atoms with Crippen LogP contribution in [0.2, 0.25) is 0 Å². The molecule has 0 radical (unpaired) electrons. The molecule has 2 atom stereocenters. The van der Waals surface area contributed by atoms with Gasteiger partial charge in [-0.05, 0) is 6.42 Å². The van der Waals surface area contributed by atoms with Crippen LogP contribution in [-0.4, -0.2) is 42.4 Å². The van der Waals surface area contributed by atoms with Gasteiger partial charge in [0.25, 0.3) is 0 Å². The first-order chi connectivity index (χ1) is 6.19. The van der Waals surface area contributed by atoms with Gasteiger partial charge in [-0.25, -0.2) is 4.79 Å². The fourth-order valence-corrected chi connectivity index (χ4v) is 1.36. The summed E-state index contributed by atoms with van der Waals surface area (Å²) in [6.07, 6.45) is -0.620. The number of methoxy groups -OCH3 is 1. The fourth-order valence-electron chi connectivity index (χ4n) is 1.36. The van der Waals surface area contributed by atoms with E-state index in [9.17, 15) is 9.90 Å². The zero-order valence-corrected chi connectivity index (χ0v) is 7.43. The van der Waals surface area contributed by atoms with E-state index in [2.05, 4.69) is 4.74 Å². The first-order valence-corrected chi connectivity index (χ1v) is 4.09. The Morgan fingerprint density at radius 1 is 1.77 bits per heavy atom. The van der Waals surface area contributed by atoms with Crippen molar-refractivity contribution in [3.63, 3.8) is 0 Å². The molecule has 1 amide bonds. The maximum Gasteiger partial charge on any atom is 0.409 e. The average molecular weight is 184 g/mol. The summed E-state index contributed by atoms with van der Waals surface area (Å²) in [6.45, 7) is 0.705. The molecular weight excluding hydrogens is 172 g/mol. The summed E-state index contributed by atoms with van der Waals surface area (Å²) < 4.78 is 4.51. The molecule has 0 saturated carbocycles. The monoisotopic (exact) mass is 184 g/mol. The number of piperidine rings is 1. The summed E-state index contributed by atoms with van der Waals surface area (Å²) in [6, 6.07) is 1.96. The van der Waals surface area contributed by atoms with Crippen LogP contribution in [0.4, 0.5) is 4.79 Å². The van der Waals surface area contributed by atoms with Crippen molar-refractivity contribution in [1.82, 2.24) is 4.90 Å². The zero-order valence-electron chi connectivity index (χ0n) is 7.43. The number of nitriles is 1. The minimum absolute atomic E-state index is 0.254. The average Bonchev–Trinajstić information content (AvgIpc) is 2.17. The van der Waals surface area contributed by atoms with Gasteiger partial charge in [-0.2, -0.15) is 5.26 Å². The quantitative estimate of drug-likeness (QED) is 0.573. The molecule has 0 aromatic carbocycles. The highest BCUT2D eigenvalue weighted by Gasteiger charge is 2.30. The Labute approximate surface area is 76.5 Å². The van der Waals surface area contributed by atoms with E-state index < -0.39 is 18.1 Å². The van der Waals surface area contributed by atoms with E-state index in [1.807, 2.05) is 6.07 Å². The smallest absolute Gasteiger partial charge is 0.409 e. The summed E-state index contributed by atoms with van der Waals surface area (Å²) in [5.74, 6) is -0.493. The Hall–Kier alpha value is -1.28. The van der Waals surface area contributed by atoms with Crippen LogP contribution in [0.15, 0.2) is 0 Å². The van der Waals surface area contributed by atoms with Crippen molar-refractivity contribution in [3.8, 4) is 6.07 Å². The molecule has 5 heteroatoms. The normalized spacial score (nSPS) is 27.9. The lowest BCUT2D eigenvalue weighted by Crippen LogP contribution is -2.45. The predicted molar refractivity (Wildman–Crippen MR) is 43.7 cm³/mol. The molecule has 1 saturated heterocycles. The number of hydrogen-bond acceptors (Lipinski definition) is 4. The van der Waals surface area contributed by atoms with Crippen molar-refractivity contribution in [3.05, 3.63) is 0 Å². The number of amides is 1.